The third kappa shape index (κ3) is 2.63. The molecule has 0 aliphatic carbocycles. The Bertz CT molecular complexity index is 345. The zero-order valence-electron chi connectivity index (χ0n) is 9.57. The number of likely N-dealkylation sites (N-methyl/N-ethyl adjacent to an activating group) is 1. The number of anilines is 2. The fourth-order valence-corrected chi connectivity index (χ4v) is 1.57. The molecule has 16 heavy (non-hydrogen) atoms. The molecule has 2 atom stereocenters. The van der Waals surface area contributed by atoms with Gasteiger partial charge in [-0.05, 0) is 31.2 Å². The van der Waals surface area contributed by atoms with Crippen molar-refractivity contribution in [3.05, 3.63) is 23.3 Å². The predicted octanol–water partition coefficient (Wildman–Crippen LogP) is -0.227. The number of benzene rings is 1. The maximum atomic E-state index is 9.87. The van der Waals surface area contributed by atoms with Crippen LogP contribution in [0.4, 0.5) is 11.4 Å². The second kappa shape index (κ2) is 5.16. The summed E-state index contributed by atoms with van der Waals surface area (Å²) in [5.41, 5.74) is 13.7. The van der Waals surface area contributed by atoms with Gasteiger partial charge in [0.1, 0.15) is 6.10 Å². The lowest BCUT2D eigenvalue weighted by molar-refractivity contribution is 0.0202. The molecule has 0 fully saturated rings. The Morgan fingerprint density at radius 1 is 1.31 bits per heavy atom. The van der Waals surface area contributed by atoms with Gasteiger partial charge in [0.15, 0.2) is 0 Å². The second-order valence-corrected chi connectivity index (χ2v) is 3.91. The van der Waals surface area contributed by atoms with Crippen molar-refractivity contribution in [3.8, 4) is 0 Å². The Morgan fingerprint density at radius 2 is 1.94 bits per heavy atom. The average molecular weight is 225 g/mol. The summed E-state index contributed by atoms with van der Waals surface area (Å²) >= 11 is 0. The largest absolute Gasteiger partial charge is 0.397 e. The summed E-state index contributed by atoms with van der Waals surface area (Å²) < 4.78 is 0. The van der Waals surface area contributed by atoms with Gasteiger partial charge in [-0.1, -0.05) is 6.07 Å². The highest BCUT2D eigenvalue weighted by Gasteiger charge is 2.18. The Morgan fingerprint density at radius 3 is 2.44 bits per heavy atom. The highest BCUT2D eigenvalue weighted by molar-refractivity contribution is 5.68. The topological polar surface area (TPSA) is 105 Å². The van der Waals surface area contributed by atoms with E-state index in [0.717, 1.165) is 5.56 Å². The molecule has 0 bridgehead atoms. The lowest BCUT2D eigenvalue weighted by Crippen LogP contribution is -2.29. The molecule has 0 aromatic heterocycles. The van der Waals surface area contributed by atoms with Crippen LogP contribution in [0.2, 0.25) is 0 Å². The first-order chi connectivity index (χ1) is 7.47. The summed E-state index contributed by atoms with van der Waals surface area (Å²) in [5.74, 6) is 0. The monoisotopic (exact) mass is 225 g/mol. The molecule has 0 saturated heterocycles. The molecule has 0 aliphatic heterocycles. The maximum Gasteiger partial charge on any atom is 0.106 e. The molecule has 7 N–H and O–H groups in total. The summed E-state index contributed by atoms with van der Waals surface area (Å²) in [7, 11) is 1.71. The van der Waals surface area contributed by atoms with Gasteiger partial charge >= 0.3 is 0 Å². The zero-order valence-corrected chi connectivity index (χ0v) is 9.57. The molecule has 0 aliphatic rings. The van der Waals surface area contributed by atoms with Gasteiger partial charge in [0.05, 0.1) is 17.5 Å². The van der Waals surface area contributed by atoms with E-state index in [0.29, 0.717) is 23.5 Å². The average Bonchev–Trinajstić information content (AvgIpc) is 2.24. The Balaban J connectivity index is 2.96. The number of nitrogens with one attached hydrogen (secondary N) is 1. The van der Waals surface area contributed by atoms with E-state index in [-0.39, 0.29) is 0 Å². The maximum absolute atomic E-state index is 9.87. The number of aryl methyl sites for hydroxylation is 1. The van der Waals surface area contributed by atoms with Gasteiger partial charge < -0.3 is 27.0 Å². The summed E-state index contributed by atoms with van der Waals surface area (Å²) in [6.45, 7) is 2.12. The molecule has 90 valence electrons. The van der Waals surface area contributed by atoms with Gasteiger partial charge in [-0.2, -0.15) is 0 Å². The van der Waals surface area contributed by atoms with Crippen molar-refractivity contribution in [2.24, 2.45) is 0 Å². The molecule has 0 amide bonds. The molecule has 0 saturated carbocycles. The Labute approximate surface area is 95.1 Å². The van der Waals surface area contributed by atoms with Crippen molar-refractivity contribution in [1.82, 2.24) is 5.32 Å². The number of rotatable bonds is 4. The first-order valence-corrected chi connectivity index (χ1v) is 5.13. The minimum absolute atomic E-state index is 0.310. The molecule has 1 aromatic rings. The minimum Gasteiger partial charge on any atom is -0.397 e. The standard InChI is InChI=1S/C11H19N3O2/c1-6-3-7(4-8(12)10(6)13)11(16)9(15)5-14-2/h3-4,9,11,14-16H,5,12-13H2,1-2H3. The summed E-state index contributed by atoms with van der Waals surface area (Å²) in [4.78, 5) is 0. The Hall–Kier alpha value is -1.30. The SMILES string of the molecule is CNCC(O)C(O)c1cc(C)c(N)c(N)c1. The third-order valence-electron chi connectivity index (χ3n) is 2.56. The van der Waals surface area contributed by atoms with Crippen molar-refractivity contribution in [2.75, 3.05) is 25.1 Å². The van der Waals surface area contributed by atoms with Gasteiger partial charge in [-0.15, -0.1) is 0 Å². The zero-order chi connectivity index (χ0) is 12.3. The predicted molar refractivity (Wildman–Crippen MR) is 64.9 cm³/mol. The van der Waals surface area contributed by atoms with E-state index in [1.807, 2.05) is 6.92 Å². The quantitative estimate of drug-likeness (QED) is 0.455. The first kappa shape index (κ1) is 12.8. The van der Waals surface area contributed by atoms with E-state index in [1.165, 1.54) is 0 Å². The first-order valence-electron chi connectivity index (χ1n) is 5.13. The molecule has 5 heteroatoms. The fourth-order valence-electron chi connectivity index (χ4n) is 1.57. The molecule has 0 heterocycles. The lowest BCUT2D eigenvalue weighted by atomic mass is 10.00. The van der Waals surface area contributed by atoms with Gasteiger partial charge in [0, 0.05) is 6.54 Å². The second-order valence-electron chi connectivity index (χ2n) is 3.91. The van der Waals surface area contributed by atoms with Crippen LogP contribution in [0.1, 0.15) is 17.2 Å². The van der Waals surface area contributed by atoms with Crippen molar-refractivity contribution < 1.29 is 10.2 Å². The number of aliphatic hydroxyl groups excluding tert-OH is 2. The smallest absolute Gasteiger partial charge is 0.106 e. The van der Waals surface area contributed by atoms with Crippen LogP contribution >= 0.6 is 0 Å². The van der Waals surface area contributed by atoms with E-state index in [1.54, 1.807) is 19.2 Å². The molecule has 5 nitrogen and oxygen atoms in total. The number of aliphatic hydroxyl groups is 2. The fraction of sp³-hybridized carbons (Fsp3) is 0.455. The van der Waals surface area contributed by atoms with E-state index >= 15 is 0 Å². The van der Waals surface area contributed by atoms with Crippen molar-refractivity contribution in [2.45, 2.75) is 19.1 Å². The van der Waals surface area contributed by atoms with Crippen molar-refractivity contribution in [1.29, 1.82) is 0 Å². The molecule has 2 unspecified atom stereocenters. The summed E-state index contributed by atoms with van der Waals surface area (Å²) in [5, 5.41) is 22.3. The third-order valence-corrected chi connectivity index (χ3v) is 2.56. The molecule has 1 rings (SSSR count). The summed E-state index contributed by atoms with van der Waals surface area (Å²) in [6.07, 6.45) is -1.83. The molecular formula is C11H19N3O2. The van der Waals surface area contributed by atoms with E-state index in [2.05, 4.69) is 5.32 Å². The van der Waals surface area contributed by atoms with Crippen molar-refractivity contribution >= 4 is 11.4 Å². The van der Waals surface area contributed by atoms with Crippen LogP contribution < -0.4 is 16.8 Å². The molecule has 0 spiro atoms. The van der Waals surface area contributed by atoms with Crippen LogP contribution in [0.3, 0.4) is 0 Å². The normalized spacial score (nSPS) is 14.8. The van der Waals surface area contributed by atoms with Crippen LogP contribution in [0, 0.1) is 6.92 Å². The van der Waals surface area contributed by atoms with Crippen LogP contribution in [-0.2, 0) is 0 Å². The van der Waals surface area contributed by atoms with Crippen molar-refractivity contribution in [3.63, 3.8) is 0 Å². The van der Waals surface area contributed by atoms with Crippen LogP contribution in [-0.4, -0.2) is 29.9 Å². The molecule has 1 aromatic carbocycles. The van der Waals surface area contributed by atoms with E-state index < -0.39 is 12.2 Å². The van der Waals surface area contributed by atoms with E-state index in [9.17, 15) is 10.2 Å². The highest BCUT2D eigenvalue weighted by atomic mass is 16.3. The van der Waals surface area contributed by atoms with Gasteiger partial charge in [-0.25, -0.2) is 0 Å². The van der Waals surface area contributed by atoms with Crippen LogP contribution in [0.5, 0.6) is 0 Å². The molecular weight excluding hydrogens is 206 g/mol. The minimum atomic E-state index is -0.964. The highest BCUT2D eigenvalue weighted by Crippen LogP contribution is 2.26. The molecule has 0 radical (unpaired) electrons. The number of nitrogens with two attached hydrogens (primary N) is 2. The summed E-state index contributed by atoms with van der Waals surface area (Å²) in [6, 6.07) is 3.32. The van der Waals surface area contributed by atoms with Gasteiger partial charge in [0.25, 0.3) is 0 Å². The number of hydrogen-bond donors (Lipinski definition) is 5. The Kier molecular flexibility index (Phi) is 4.12. The van der Waals surface area contributed by atoms with Crippen LogP contribution in [0.15, 0.2) is 12.1 Å². The van der Waals surface area contributed by atoms with Crippen LogP contribution in [0.25, 0.3) is 0 Å². The lowest BCUT2D eigenvalue weighted by Gasteiger charge is -2.19. The number of hydrogen-bond acceptors (Lipinski definition) is 5. The van der Waals surface area contributed by atoms with E-state index in [4.69, 9.17) is 11.5 Å². The van der Waals surface area contributed by atoms with Gasteiger partial charge in [-0.3, -0.25) is 0 Å². The number of nitrogen functional groups attached to an aromatic ring is 2. The van der Waals surface area contributed by atoms with Gasteiger partial charge in [0.2, 0.25) is 0 Å².